The highest BCUT2D eigenvalue weighted by molar-refractivity contribution is 5.39. The fourth-order valence-corrected chi connectivity index (χ4v) is 2.84. The zero-order valence-electron chi connectivity index (χ0n) is 13.2. The Morgan fingerprint density at radius 2 is 2.14 bits per heavy atom. The van der Waals surface area contributed by atoms with Gasteiger partial charge in [0.25, 0.3) is 0 Å². The molecule has 1 aliphatic rings. The van der Waals surface area contributed by atoms with Gasteiger partial charge in [0, 0.05) is 55.0 Å². The molecule has 3 rings (SSSR count). The second kappa shape index (κ2) is 6.29. The lowest BCUT2D eigenvalue weighted by molar-refractivity contribution is 0.242. The lowest BCUT2D eigenvalue weighted by atomic mass is 10.0. The fourth-order valence-electron chi connectivity index (χ4n) is 2.84. The van der Waals surface area contributed by atoms with Crippen molar-refractivity contribution in [3.05, 3.63) is 58.7 Å². The van der Waals surface area contributed by atoms with Crippen molar-refractivity contribution in [2.45, 2.75) is 39.3 Å². The Kier molecular flexibility index (Phi) is 4.22. The Balaban J connectivity index is 1.76. The maximum atomic E-state index is 5.59. The van der Waals surface area contributed by atoms with Crippen LogP contribution in [0.4, 0.5) is 0 Å². The predicted molar refractivity (Wildman–Crippen MR) is 88.3 cm³/mol. The van der Waals surface area contributed by atoms with Gasteiger partial charge in [0.1, 0.15) is 5.82 Å². The summed E-state index contributed by atoms with van der Waals surface area (Å²) in [6.45, 7) is 7.06. The van der Waals surface area contributed by atoms with Crippen LogP contribution in [0.1, 0.15) is 48.0 Å². The molecule has 1 aliphatic heterocycles. The van der Waals surface area contributed by atoms with Gasteiger partial charge in [0.2, 0.25) is 0 Å². The molecule has 0 amide bonds. The van der Waals surface area contributed by atoms with Crippen LogP contribution in [0.25, 0.3) is 0 Å². The topological polar surface area (TPSA) is 29.0 Å². The summed E-state index contributed by atoms with van der Waals surface area (Å²) in [5.74, 6) is 4.10. The van der Waals surface area contributed by atoms with E-state index in [4.69, 9.17) is 11.4 Å². The van der Waals surface area contributed by atoms with Crippen molar-refractivity contribution >= 4 is 0 Å². The van der Waals surface area contributed by atoms with Gasteiger partial charge in [-0.25, -0.2) is 9.97 Å². The van der Waals surface area contributed by atoms with Gasteiger partial charge in [-0.1, -0.05) is 38.0 Å². The second-order valence-electron chi connectivity index (χ2n) is 6.12. The number of rotatable bonds is 3. The first-order valence-corrected chi connectivity index (χ1v) is 7.79. The van der Waals surface area contributed by atoms with E-state index < -0.39 is 0 Å². The molecular formula is C19H21N3. The first-order valence-electron chi connectivity index (χ1n) is 7.79. The van der Waals surface area contributed by atoms with E-state index in [0.717, 1.165) is 37.4 Å². The summed E-state index contributed by atoms with van der Waals surface area (Å²) in [6, 6.07) is 8.16. The van der Waals surface area contributed by atoms with Crippen molar-refractivity contribution in [3.8, 4) is 12.3 Å². The molecule has 112 valence electrons. The summed E-state index contributed by atoms with van der Waals surface area (Å²) in [4.78, 5) is 11.6. The number of nitrogens with zero attached hydrogens (tertiary/aromatic N) is 3. The minimum atomic E-state index is 0.380. The zero-order chi connectivity index (χ0) is 15.5. The summed E-state index contributed by atoms with van der Waals surface area (Å²) < 4.78 is 0. The Morgan fingerprint density at radius 3 is 2.91 bits per heavy atom. The van der Waals surface area contributed by atoms with Gasteiger partial charge < -0.3 is 0 Å². The van der Waals surface area contributed by atoms with Crippen LogP contribution < -0.4 is 0 Å². The zero-order valence-corrected chi connectivity index (χ0v) is 13.2. The second-order valence-corrected chi connectivity index (χ2v) is 6.12. The molecule has 0 radical (unpaired) electrons. The molecule has 2 aromatic rings. The van der Waals surface area contributed by atoms with Gasteiger partial charge in [0.15, 0.2) is 0 Å². The molecule has 0 aliphatic carbocycles. The van der Waals surface area contributed by atoms with Gasteiger partial charge in [-0.15, -0.1) is 6.42 Å². The average Bonchev–Trinajstić information content (AvgIpc) is 2.54. The third-order valence-corrected chi connectivity index (χ3v) is 4.11. The maximum Gasteiger partial charge on any atom is 0.131 e. The summed E-state index contributed by atoms with van der Waals surface area (Å²) in [5, 5.41) is 0. The molecule has 0 bridgehead atoms. The number of fused-ring (bicyclic) bond motifs is 1. The van der Waals surface area contributed by atoms with Crippen molar-refractivity contribution in [1.29, 1.82) is 0 Å². The molecule has 0 spiro atoms. The number of hydrogen-bond donors (Lipinski definition) is 0. The van der Waals surface area contributed by atoms with Crippen LogP contribution >= 0.6 is 0 Å². The van der Waals surface area contributed by atoms with Gasteiger partial charge in [0.05, 0.1) is 0 Å². The van der Waals surface area contributed by atoms with Crippen molar-refractivity contribution in [1.82, 2.24) is 14.9 Å². The first-order chi connectivity index (χ1) is 10.7. The average molecular weight is 291 g/mol. The van der Waals surface area contributed by atoms with E-state index in [1.165, 1.54) is 16.8 Å². The molecule has 0 N–H and O–H groups in total. The summed E-state index contributed by atoms with van der Waals surface area (Å²) >= 11 is 0. The molecule has 0 saturated heterocycles. The minimum Gasteiger partial charge on any atom is -0.294 e. The van der Waals surface area contributed by atoms with Gasteiger partial charge in [-0.2, -0.15) is 0 Å². The monoisotopic (exact) mass is 291 g/mol. The Bertz CT molecular complexity index is 713. The van der Waals surface area contributed by atoms with Crippen LogP contribution in [0.5, 0.6) is 0 Å². The van der Waals surface area contributed by atoms with Crippen LogP contribution in [0.3, 0.4) is 0 Å². The minimum absolute atomic E-state index is 0.380. The SMILES string of the molecule is C#Cc1ccccc1CN1CCc2nc(C(C)C)ncc2C1. The summed E-state index contributed by atoms with van der Waals surface area (Å²) in [6.07, 6.45) is 8.57. The number of aromatic nitrogens is 2. The molecule has 1 aromatic heterocycles. The molecule has 22 heavy (non-hydrogen) atoms. The lowest BCUT2D eigenvalue weighted by Crippen LogP contribution is -2.31. The third kappa shape index (κ3) is 3.03. The van der Waals surface area contributed by atoms with Crippen LogP contribution in [0, 0.1) is 12.3 Å². The summed E-state index contributed by atoms with van der Waals surface area (Å²) in [7, 11) is 0. The molecule has 0 atom stereocenters. The van der Waals surface area contributed by atoms with E-state index in [0.29, 0.717) is 5.92 Å². The third-order valence-electron chi connectivity index (χ3n) is 4.11. The van der Waals surface area contributed by atoms with E-state index >= 15 is 0 Å². The highest BCUT2D eigenvalue weighted by Gasteiger charge is 2.19. The highest BCUT2D eigenvalue weighted by Crippen LogP contribution is 2.21. The van der Waals surface area contributed by atoms with E-state index in [2.05, 4.69) is 35.7 Å². The fraction of sp³-hybridized carbons (Fsp3) is 0.368. The van der Waals surface area contributed by atoms with Crippen molar-refractivity contribution in [2.75, 3.05) is 6.54 Å². The van der Waals surface area contributed by atoms with Crippen LogP contribution in [-0.4, -0.2) is 21.4 Å². The largest absolute Gasteiger partial charge is 0.294 e. The van der Waals surface area contributed by atoms with Crippen molar-refractivity contribution in [2.24, 2.45) is 0 Å². The van der Waals surface area contributed by atoms with Crippen LogP contribution in [0.15, 0.2) is 30.5 Å². The first kappa shape index (κ1) is 14.7. The smallest absolute Gasteiger partial charge is 0.131 e. The van der Waals surface area contributed by atoms with Gasteiger partial charge >= 0.3 is 0 Å². The molecule has 3 heteroatoms. The Morgan fingerprint density at radius 1 is 1.32 bits per heavy atom. The highest BCUT2D eigenvalue weighted by atomic mass is 15.1. The molecule has 0 saturated carbocycles. The molecule has 3 nitrogen and oxygen atoms in total. The van der Waals surface area contributed by atoms with Crippen LogP contribution in [0.2, 0.25) is 0 Å². The predicted octanol–water partition coefficient (Wildman–Crippen LogP) is 3.14. The van der Waals surface area contributed by atoms with E-state index in [1.54, 1.807) is 0 Å². The van der Waals surface area contributed by atoms with Crippen molar-refractivity contribution in [3.63, 3.8) is 0 Å². The number of benzene rings is 1. The van der Waals surface area contributed by atoms with E-state index in [1.807, 2.05) is 24.4 Å². The normalized spacial score (nSPS) is 14.6. The Labute approximate surface area is 132 Å². The molecule has 0 unspecified atom stereocenters. The Hall–Kier alpha value is -2.18. The van der Waals surface area contributed by atoms with Crippen LogP contribution in [-0.2, 0) is 19.5 Å². The molecule has 2 heterocycles. The number of hydrogen-bond acceptors (Lipinski definition) is 3. The quantitative estimate of drug-likeness (QED) is 0.814. The lowest BCUT2D eigenvalue weighted by Gasteiger charge is -2.28. The molecule has 0 fully saturated rings. The molecular weight excluding hydrogens is 270 g/mol. The maximum absolute atomic E-state index is 5.59. The standard InChI is InChI=1S/C19H21N3/c1-4-15-7-5-6-8-16(15)12-22-10-9-18-17(13-22)11-20-19(21-18)14(2)3/h1,5-8,11,14H,9-10,12-13H2,2-3H3. The van der Waals surface area contributed by atoms with E-state index in [-0.39, 0.29) is 0 Å². The summed E-state index contributed by atoms with van der Waals surface area (Å²) in [5.41, 5.74) is 4.65. The molecule has 1 aromatic carbocycles. The number of terminal acetylenes is 1. The van der Waals surface area contributed by atoms with Crippen molar-refractivity contribution < 1.29 is 0 Å². The van der Waals surface area contributed by atoms with Gasteiger partial charge in [-0.05, 0) is 11.6 Å². The van der Waals surface area contributed by atoms with E-state index in [9.17, 15) is 0 Å². The van der Waals surface area contributed by atoms with Gasteiger partial charge in [-0.3, -0.25) is 4.90 Å².